The second-order valence-electron chi connectivity index (χ2n) is 13.0. The lowest BCUT2D eigenvalue weighted by Gasteiger charge is -2.70. The molecule has 0 N–H and O–H groups in total. The normalized spacial score (nSPS) is 34.0. The fourth-order valence-corrected chi connectivity index (χ4v) is 9.43. The van der Waals surface area contributed by atoms with Gasteiger partial charge < -0.3 is 23.8 Å². The maximum atomic E-state index is 14.5. The van der Waals surface area contributed by atoms with Crippen LogP contribution in [0.5, 0.6) is 17.4 Å². The number of rotatable bonds is 8. The van der Waals surface area contributed by atoms with E-state index < -0.39 is 5.60 Å². The van der Waals surface area contributed by atoms with E-state index >= 15 is 0 Å². The number of carbonyl (C=O) groups excluding carboxylic acids is 1. The van der Waals surface area contributed by atoms with E-state index in [9.17, 15) is 4.79 Å². The summed E-state index contributed by atoms with van der Waals surface area (Å²) in [5.74, 6) is 2.98. The van der Waals surface area contributed by atoms with Crippen molar-refractivity contribution in [2.45, 2.75) is 68.2 Å². The molecular weight excluding hydrogens is 518 g/mol. The van der Waals surface area contributed by atoms with Crippen LogP contribution >= 0.6 is 0 Å². The Morgan fingerprint density at radius 1 is 1.12 bits per heavy atom. The number of hydrogen-bond acceptors (Lipinski definition) is 7. The first kappa shape index (κ1) is 25.6. The number of methoxy groups -OCH3 is 3. The number of likely N-dealkylation sites (N-methyl/N-ethyl adjacent to an activating group) is 1. The van der Waals surface area contributed by atoms with Gasteiger partial charge in [0.1, 0.15) is 11.7 Å². The van der Waals surface area contributed by atoms with Crippen molar-refractivity contribution in [1.29, 1.82) is 0 Å². The van der Waals surface area contributed by atoms with Crippen LogP contribution in [0.2, 0.25) is 0 Å². The molecule has 41 heavy (non-hydrogen) atoms. The van der Waals surface area contributed by atoms with Gasteiger partial charge in [0.2, 0.25) is 5.88 Å². The molecule has 1 aromatic heterocycles. The zero-order chi connectivity index (χ0) is 28.1. The van der Waals surface area contributed by atoms with E-state index in [4.69, 9.17) is 18.9 Å². The monoisotopic (exact) mass is 557 g/mol. The third-order valence-electron chi connectivity index (χ3n) is 11.3. The molecule has 5 atom stereocenters. The van der Waals surface area contributed by atoms with Gasteiger partial charge in [0, 0.05) is 49.4 Å². The zero-order valence-electron chi connectivity index (χ0n) is 24.4. The zero-order valence-corrected chi connectivity index (χ0v) is 24.4. The number of hydrogen-bond donors (Lipinski definition) is 0. The average molecular weight is 558 g/mol. The lowest BCUT2D eigenvalue weighted by Crippen LogP contribution is -2.78. The van der Waals surface area contributed by atoms with Crippen LogP contribution in [0, 0.1) is 11.3 Å². The van der Waals surface area contributed by atoms with Crippen molar-refractivity contribution in [3.8, 4) is 17.4 Å². The molecule has 2 aliphatic heterocycles. The fourth-order valence-electron chi connectivity index (χ4n) is 9.43. The van der Waals surface area contributed by atoms with E-state index in [0.29, 0.717) is 18.5 Å². The Kier molecular flexibility index (Phi) is 5.44. The van der Waals surface area contributed by atoms with Gasteiger partial charge in [-0.1, -0.05) is 18.2 Å². The van der Waals surface area contributed by atoms with Crippen molar-refractivity contribution in [3.05, 3.63) is 58.8 Å². The molecule has 0 radical (unpaired) electrons. The van der Waals surface area contributed by atoms with Crippen LogP contribution in [-0.4, -0.2) is 79.9 Å². The molecule has 8 heteroatoms. The van der Waals surface area contributed by atoms with Gasteiger partial charge in [0.15, 0.2) is 11.5 Å². The molecule has 2 saturated carbocycles. The van der Waals surface area contributed by atoms with Gasteiger partial charge in [0.05, 0.1) is 31.9 Å². The van der Waals surface area contributed by atoms with Gasteiger partial charge in [-0.3, -0.25) is 9.69 Å². The first-order valence-electron chi connectivity index (χ1n) is 15.1. The molecule has 4 bridgehead atoms. The average Bonchev–Trinajstić information content (AvgIpc) is 3.74. The highest BCUT2D eigenvalue weighted by Crippen LogP contribution is 2.75. The molecule has 7 aliphatic rings. The van der Waals surface area contributed by atoms with Crippen LogP contribution in [-0.2, 0) is 27.9 Å². The van der Waals surface area contributed by atoms with Gasteiger partial charge in [-0.25, -0.2) is 4.98 Å². The number of piperidine rings is 1. The number of amides is 1. The van der Waals surface area contributed by atoms with Crippen molar-refractivity contribution in [1.82, 2.24) is 14.8 Å². The lowest BCUT2D eigenvalue weighted by atomic mass is 9.37. The lowest BCUT2D eigenvalue weighted by molar-refractivity contribution is -0.198. The predicted octanol–water partition coefficient (Wildman–Crippen LogP) is 3.90. The third kappa shape index (κ3) is 3.18. The summed E-state index contributed by atoms with van der Waals surface area (Å²) in [6.45, 7) is 2.59. The summed E-state index contributed by atoms with van der Waals surface area (Å²) in [7, 11) is 6.94. The largest absolute Gasteiger partial charge is 0.493 e. The van der Waals surface area contributed by atoms with Gasteiger partial charge in [-0.2, -0.15) is 0 Å². The molecule has 5 aliphatic carbocycles. The Bertz CT molecular complexity index is 1470. The Balaban J connectivity index is 1.27. The van der Waals surface area contributed by atoms with Crippen molar-refractivity contribution in [3.63, 3.8) is 0 Å². The highest BCUT2D eigenvalue weighted by atomic mass is 16.6. The highest BCUT2D eigenvalue weighted by Gasteiger charge is 2.79. The number of ether oxygens (including phenoxy) is 4. The van der Waals surface area contributed by atoms with Crippen LogP contribution in [0.1, 0.15) is 48.9 Å². The molecule has 9 rings (SSSR count). The van der Waals surface area contributed by atoms with E-state index in [2.05, 4.69) is 28.1 Å². The van der Waals surface area contributed by atoms with Crippen molar-refractivity contribution in [2.24, 2.45) is 11.3 Å². The molecule has 8 nitrogen and oxygen atoms in total. The van der Waals surface area contributed by atoms with E-state index in [1.165, 1.54) is 24.0 Å². The van der Waals surface area contributed by atoms with Gasteiger partial charge >= 0.3 is 0 Å². The molecule has 2 spiro atoms. The molecule has 2 aromatic rings. The van der Waals surface area contributed by atoms with Crippen LogP contribution in [0.3, 0.4) is 0 Å². The minimum absolute atomic E-state index is 0.0190. The summed E-state index contributed by atoms with van der Waals surface area (Å²) in [5.41, 5.74) is 2.95. The molecular formula is C33H39N3O5. The van der Waals surface area contributed by atoms with Gasteiger partial charge in [-0.15, -0.1) is 0 Å². The van der Waals surface area contributed by atoms with E-state index in [-0.39, 0.29) is 22.8 Å². The van der Waals surface area contributed by atoms with Crippen LogP contribution in [0.15, 0.2) is 42.0 Å². The Morgan fingerprint density at radius 2 is 1.98 bits per heavy atom. The summed E-state index contributed by atoms with van der Waals surface area (Å²) >= 11 is 0. The quantitative estimate of drug-likeness (QED) is 0.488. The Labute approximate surface area is 241 Å². The Morgan fingerprint density at radius 3 is 2.73 bits per heavy atom. The molecule has 1 saturated heterocycles. The Hall–Kier alpha value is -3.10. The third-order valence-corrected chi connectivity index (χ3v) is 11.3. The molecule has 3 heterocycles. The SMILES string of the molecule is COc1cccc(CN(C)C(=O)C2=C[C@@]34CC[C@]2(OC)[C@@H]2Oc5c(OC)ccc6c5[C@@]23CCN(CC2CC2)[C@@H]4C6)n1. The summed E-state index contributed by atoms with van der Waals surface area (Å²) in [5, 5.41) is 0. The fraction of sp³-hybridized carbons (Fsp3) is 0.576. The van der Waals surface area contributed by atoms with Crippen molar-refractivity contribution >= 4 is 5.91 Å². The molecule has 3 fully saturated rings. The first-order chi connectivity index (χ1) is 19.9. The van der Waals surface area contributed by atoms with E-state index in [1.54, 1.807) is 26.2 Å². The number of pyridine rings is 1. The second-order valence-corrected chi connectivity index (χ2v) is 13.0. The standard InChI is InChI=1S/C33H39N3O5/c1-35(19-22-6-5-7-26(34-22)39-3)29(37)23-17-31-12-13-33(23,40-4)30-32(31)14-15-36(18-20-8-9-20)25(31)16-21-10-11-24(38-2)28(41-30)27(21)32/h5-7,10-11,17,20,25,30H,8-9,12-16,18-19H2,1-4H3/t25-,30-,31-,32+,33-/m1/s1. The van der Waals surface area contributed by atoms with E-state index in [0.717, 1.165) is 67.5 Å². The van der Waals surface area contributed by atoms with Crippen LogP contribution in [0.4, 0.5) is 0 Å². The van der Waals surface area contributed by atoms with Crippen LogP contribution in [0.25, 0.3) is 0 Å². The summed E-state index contributed by atoms with van der Waals surface area (Å²) in [4.78, 5) is 23.6. The molecule has 1 aromatic carbocycles. The van der Waals surface area contributed by atoms with Gasteiger partial charge in [0.25, 0.3) is 5.91 Å². The summed E-state index contributed by atoms with van der Waals surface area (Å²) in [6, 6.07) is 10.3. The maximum Gasteiger partial charge on any atom is 0.252 e. The van der Waals surface area contributed by atoms with Crippen molar-refractivity contribution < 1.29 is 23.7 Å². The maximum absolute atomic E-state index is 14.5. The summed E-state index contributed by atoms with van der Waals surface area (Å²) < 4.78 is 24.8. The number of carbonyl (C=O) groups is 1. The predicted molar refractivity (Wildman–Crippen MR) is 152 cm³/mol. The highest BCUT2D eigenvalue weighted by molar-refractivity contribution is 5.97. The van der Waals surface area contributed by atoms with Crippen LogP contribution < -0.4 is 14.2 Å². The minimum Gasteiger partial charge on any atom is -0.493 e. The molecule has 1 amide bonds. The number of fused-ring (bicyclic) bond motifs is 1. The smallest absolute Gasteiger partial charge is 0.252 e. The van der Waals surface area contributed by atoms with Crippen molar-refractivity contribution in [2.75, 3.05) is 41.5 Å². The summed E-state index contributed by atoms with van der Waals surface area (Å²) in [6.07, 6.45) is 8.48. The molecule has 216 valence electrons. The first-order valence-corrected chi connectivity index (χ1v) is 15.1. The second kappa shape index (κ2) is 8.71. The number of nitrogens with zero attached hydrogens (tertiary/aromatic N) is 3. The topological polar surface area (TPSA) is 73.4 Å². The number of likely N-dealkylation sites (tertiary alicyclic amines) is 1. The van der Waals surface area contributed by atoms with E-state index in [1.807, 2.05) is 25.2 Å². The minimum atomic E-state index is -0.837. The van der Waals surface area contributed by atoms with Gasteiger partial charge in [-0.05, 0) is 68.7 Å². The number of benzene rings is 1. The number of aromatic nitrogens is 1. The molecule has 0 unspecified atom stereocenters.